The molecule has 0 aromatic rings. The van der Waals surface area contributed by atoms with Crippen LogP contribution in [0.5, 0.6) is 0 Å². The van der Waals surface area contributed by atoms with Crippen LogP contribution in [-0.2, 0) is 28.1 Å². The fraction of sp³-hybridized carbons (Fsp3) is 0.926. The van der Waals surface area contributed by atoms with Gasteiger partial charge in [-0.05, 0) is 70.7 Å². The van der Waals surface area contributed by atoms with Crippen LogP contribution in [0.2, 0.25) is 18.1 Å². The third-order valence-electron chi connectivity index (χ3n) is 8.26. The van der Waals surface area contributed by atoms with E-state index < -0.39 is 37.9 Å². The van der Waals surface area contributed by atoms with Crippen molar-refractivity contribution in [1.82, 2.24) is 0 Å². The molecule has 8 heteroatoms. The van der Waals surface area contributed by atoms with Crippen LogP contribution in [0.15, 0.2) is 12.2 Å². The van der Waals surface area contributed by atoms with Crippen LogP contribution in [0.4, 0.5) is 0 Å². The van der Waals surface area contributed by atoms with E-state index in [0.717, 1.165) is 5.57 Å². The largest absolute Gasteiger partial charge is 0.414 e. The average molecular weight is 515 g/mol. The molecular formula is C27H50O7Si. The first-order chi connectivity index (χ1) is 15.7. The Labute approximate surface area is 214 Å². The van der Waals surface area contributed by atoms with Crippen molar-refractivity contribution < 1.29 is 33.2 Å². The van der Waals surface area contributed by atoms with Crippen molar-refractivity contribution in [3.8, 4) is 0 Å². The number of aliphatic hydroxyl groups is 1. The zero-order valence-corrected chi connectivity index (χ0v) is 25.1. The summed E-state index contributed by atoms with van der Waals surface area (Å²) < 4.78 is 37.2. The molecule has 0 saturated carbocycles. The van der Waals surface area contributed by atoms with Gasteiger partial charge in [0.1, 0.15) is 6.10 Å². The van der Waals surface area contributed by atoms with Gasteiger partial charge in [0.05, 0.1) is 30.5 Å². The Bertz CT molecular complexity index is 785. The van der Waals surface area contributed by atoms with Gasteiger partial charge in [0.25, 0.3) is 0 Å². The molecule has 0 bridgehead atoms. The third kappa shape index (κ3) is 6.23. The highest BCUT2D eigenvalue weighted by Crippen LogP contribution is 2.45. The molecule has 0 amide bonds. The molecule has 1 N–H and O–H groups in total. The Morgan fingerprint density at radius 1 is 1.03 bits per heavy atom. The lowest BCUT2D eigenvalue weighted by Crippen LogP contribution is -2.60. The van der Waals surface area contributed by atoms with Crippen molar-refractivity contribution in [3.63, 3.8) is 0 Å². The minimum absolute atomic E-state index is 0.0119. The first kappa shape index (κ1) is 29.2. The maximum absolute atomic E-state index is 11.8. The summed E-state index contributed by atoms with van der Waals surface area (Å²) in [5.74, 6) is -1.59. The first-order valence-corrected chi connectivity index (χ1v) is 16.0. The summed E-state index contributed by atoms with van der Waals surface area (Å²) in [5, 5.41) is 11.9. The minimum atomic E-state index is -1.94. The monoisotopic (exact) mass is 514 g/mol. The second kappa shape index (κ2) is 9.45. The maximum Gasteiger partial charge on any atom is 0.192 e. The molecule has 3 rings (SSSR count). The van der Waals surface area contributed by atoms with Crippen molar-refractivity contribution in [1.29, 1.82) is 0 Å². The van der Waals surface area contributed by atoms with Gasteiger partial charge in [0, 0.05) is 5.92 Å². The Morgan fingerprint density at radius 3 is 2.14 bits per heavy atom. The summed E-state index contributed by atoms with van der Waals surface area (Å²) >= 11 is 0. The summed E-state index contributed by atoms with van der Waals surface area (Å²) in [4.78, 5) is 0. The van der Waals surface area contributed by atoms with Crippen molar-refractivity contribution in [2.45, 2.75) is 142 Å². The average Bonchev–Trinajstić information content (AvgIpc) is 3.13. The van der Waals surface area contributed by atoms with Crippen molar-refractivity contribution >= 4 is 8.32 Å². The summed E-state index contributed by atoms with van der Waals surface area (Å²) in [6, 6.07) is 0. The van der Waals surface area contributed by atoms with E-state index in [9.17, 15) is 5.11 Å². The Hall–Kier alpha value is -0.323. The van der Waals surface area contributed by atoms with Crippen molar-refractivity contribution in [2.24, 2.45) is 11.8 Å². The third-order valence-corrected chi connectivity index (χ3v) is 12.8. The van der Waals surface area contributed by atoms with Crippen LogP contribution < -0.4 is 0 Å². The van der Waals surface area contributed by atoms with E-state index in [4.69, 9.17) is 28.1 Å². The van der Waals surface area contributed by atoms with Gasteiger partial charge in [-0.15, -0.1) is 0 Å². The molecule has 8 atom stereocenters. The fourth-order valence-corrected chi connectivity index (χ4v) is 6.36. The van der Waals surface area contributed by atoms with Crippen LogP contribution >= 0.6 is 0 Å². The molecule has 0 spiro atoms. The number of ether oxygens (including phenoxy) is 5. The van der Waals surface area contributed by atoms with Crippen molar-refractivity contribution in [3.05, 3.63) is 12.2 Å². The molecule has 3 aliphatic rings. The molecule has 3 aliphatic heterocycles. The molecule has 3 saturated heterocycles. The molecule has 204 valence electrons. The van der Waals surface area contributed by atoms with E-state index >= 15 is 0 Å². The van der Waals surface area contributed by atoms with Gasteiger partial charge in [0.15, 0.2) is 26.2 Å². The van der Waals surface area contributed by atoms with Gasteiger partial charge >= 0.3 is 0 Å². The lowest BCUT2D eigenvalue weighted by molar-refractivity contribution is -0.348. The lowest BCUT2D eigenvalue weighted by Gasteiger charge is -2.51. The topological polar surface area (TPSA) is 75.6 Å². The second-order valence-electron chi connectivity index (χ2n) is 13.6. The Morgan fingerprint density at radius 2 is 1.60 bits per heavy atom. The van der Waals surface area contributed by atoms with Crippen LogP contribution in [-0.4, -0.2) is 67.9 Å². The lowest BCUT2D eigenvalue weighted by atomic mass is 9.78. The standard InChI is InChI=1S/C27H50O7Si/c1-16(20-18(3)21-23(30-20)34-26(9,10)32-21)14-27(11,28)22-17(2)19(31-25(7,8)33-22)15-29-35(12,13)24(4,5)6/h16-17,19-23,28H,3,14-15H2,1-2,4-13H3/t16-,17-,19-,20-,21-,22-,23-,27-/m1/s1. The second-order valence-corrected chi connectivity index (χ2v) is 18.4. The fourth-order valence-electron chi connectivity index (χ4n) is 5.34. The number of fused-ring (bicyclic) bond motifs is 1. The Kier molecular flexibility index (Phi) is 7.90. The molecule has 0 aromatic heterocycles. The smallest absolute Gasteiger partial charge is 0.192 e. The predicted octanol–water partition coefficient (Wildman–Crippen LogP) is 5.37. The minimum Gasteiger partial charge on any atom is -0.414 e. The molecule has 0 aromatic carbocycles. The summed E-state index contributed by atoms with van der Waals surface area (Å²) in [6.07, 6.45) is -1.13. The first-order valence-electron chi connectivity index (χ1n) is 13.1. The van der Waals surface area contributed by atoms with Gasteiger partial charge in [0.2, 0.25) is 0 Å². The van der Waals surface area contributed by atoms with E-state index in [-0.39, 0.29) is 35.2 Å². The maximum atomic E-state index is 11.8. The van der Waals surface area contributed by atoms with Gasteiger partial charge in [-0.2, -0.15) is 0 Å². The van der Waals surface area contributed by atoms with E-state index in [1.54, 1.807) is 0 Å². The van der Waals surface area contributed by atoms with Crippen LogP contribution in [0.3, 0.4) is 0 Å². The van der Waals surface area contributed by atoms with Gasteiger partial charge in [-0.25, -0.2) is 0 Å². The van der Waals surface area contributed by atoms with Gasteiger partial charge < -0.3 is 33.2 Å². The quantitative estimate of drug-likeness (QED) is 0.361. The summed E-state index contributed by atoms with van der Waals surface area (Å²) in [5.41, 5.74) is -0.247. The zero-order valence-electron chi connectivity index (χ0n) is 24.1. The van der Waals surface area contributed by atoms with E-state index in [2.05, 4.69) is 54.3 Å². The SMILES string of the molecule is C=C1[C@H]2OC(C)(C)O[C@H]2O[C@@H]1[C@H](C)C[C@@](C)(O)[C@@H]1OC(C)(C)O[C@H](CO[Si](C)(C)C(C)(C)C)[C@H]1C. The van der Waals surface area contributed by atoms with E-state index in [0.29, 0.717) is 13.0 Å². The Balaban J connectivity index is 1.69. The van der Waals surface area contributed by atoms with Crippen LogP contribution in [0.1, 0.15) is 75.7 Å². The van der Waals surface area contributed by atoms with E-state index in [1.165, 1.54) is 0 Å². The highest BCUT2D eigenvalue weighted by atomic mass is 28.4. The summed E-state index contributed by atoms with van der Waals surface area (Å²) in [7, 11) is -1.94. The molecule has 3 heterocycles. The number of hydrogen-bond acceptors (Lipinski definition) is 7. The molecule has 7 nitrogen and oxygen atoms in total. The normalized spacial score (nSPS) is 37.7. The molecule has 0 aliphatic carbocycles. The van der Waals surface area contributed by atoms with Crippen LogP contribution in [0.25, 0.3) is 0 Å². The molecule has 35 heavy (non-hydrogen) atoms. The highest BCUT2D eigenvalue weighted by Gasteiger charge is 2.54. The van der Waals surface area contributed by atoms with Gasteiger partial charge in [-0.3, -0.25) is 0 Å². The highest BCUT2D eigenvalue weighted by molar-refractivity contribution is 6.74. The van der Waals surface area contributed by atoms with Gasteiger partial charge in [-0.1, -0.05) is 41.2 Å². The molecular weight excluding hydrogens is 464 g/mol. The predicted molar refractivity (Wildman–Crippen MR) is 138 cm³/mol. The molecule has 0 unspecified atom stereocenters. The zero-order chi connectivity index (χ0) is 26.8. The summed E-state index contributed by atoms with van der Waals surface area (Å²) in [6.45, 7) is 29.5. The molecule has 0 radical (unpaired) electrons. The van der Waals surface area contributed by atoms with Crippen LogP contribution in [0, 0.1) is 11.8 Å². The molecule has 3 fully saturated rings. The van der Waals surface area contributed by atoms with Crippen molar-refractivity contribution in [2.75, 3.05) is 6.61 Å². The number of rotatable bonds is 7. The number of hydrogen-bond donors (Lipinski definition) is 1. The van der Waals surface area contributed by atoms with E-state index in [1.807, 2.05) is 34.6 Å².